The number of fused-ring (bicyclic) bond motifs is 1. The second kappa shape index (κ2) is 16.2. The number of aryl methyl sites for hydroxylation is 4. The first-order valence-electron chi connectivity index (χ1n) is 15.4. The van der Waals surface area contributed by atoms with Crippen molar-refractivity contribution in [2.75, 3.05) is 20.1 Å². The van der Waals surface area contributed by atoms with Crippen LogP contribution in [0.1, 0.15) is 71.7 Å². The molecule has 3 atom stereocenters. The molecule has 3 nitrogen and oxygen atoms in total. The molecule has 0 saturated carbocycles. The van der Waals surface area contributed by atoms with Crippen LogP contribution >= 0.6 is 0 Å². The summed E-state index contributed by atoms with van der Waals surface area (Å²) in [5.41, 5.74) is 8.83. The van der Waals surface area contributed by atoms with Gasteiger partial charge in [-0.25, -0.2) is 4.39 Å². The van der Waals surface area contributed by atoms with E-state index in [1.165, 1.54) is 39.4 Å². The Morgan fingerprint density at radius 1 is 0.767 bits per heavy atom. The standard InChI is InChI=1S/C24H32N2O.C8H10.C7H7F/c1-17-10-6-7-11-21(17)14-19(3)25(5)24(27)16-26-15-18(2)22-12-8-9-13-23(22)20(26)4;1-7-5-3-4-6-8(7)2;1-6-4-2-3-5-7(6)8/h6-13,18-20H,14-16H2,1-5H3;3-6H,1-2H3;2-5H,1H3/t18-,19?,20?;;/m0../s1. The second-order valence-corrected chi connectivity index (χ2v) is 12.0. The Balaban J connectivity index is 0.000000255. The molecule has 1 aliphatic rings. The van der Waals surface area contributed by atoms with Crippen LogP contribution in [0.15, 0.2) is 97.1 Å². The molecule has 4 heteroatoms. The van der Waals surface area contributed by atoms with E-state index in [2.05, 4.69) is 119 Å². The molecule has 0 aromatic heterocycles. The van der Waals surface area contributed by atoms with Crippen LogP contribution in [-0.4, -0.2) is 41.9 Å². The third-order valence-corrected chi connectivity index (χ3v) is 8.70. The van der Waals surface area contributed by atoms with E-state index in [0.29, 0.717) is 18.0 Å². The molecule has 0 fully saturated rings. The number of likely N-dealkylation sites (N-methyl/N-ethyl adjacent to an activating group) is 1. The number of amides is 1. The summed E-state index contributed by atoms with van der Waals surface area (Å²) in [7, 11) is 1.94. The number of hydrogen-bond acceptors (Lipinski definition) is 2. The lowest BCUT2D eigenvalue weighted by Gasteiger charge is -2.39. The zero-order valence-electron chi connectivity index (χ0n) is 27.3. The Labute approximate surface area is 259 Å². The Kier molecular flexibility index (Phi) is 12.7. The molecule has 1 heterocycles. The molecular weight excluding hydrogens is 531 g/mol. The normalized spacial score (nSPS) is 16.5. The fraction of sp³-hybridized carbons (Fsp3) is 0.359. The molecule has 4 aromatic carbocycles. The zero-order chi connectivity index (χ0) is 31.5. The number of rotatable bonds is 5. The van der Waals surface area contributed by atoms with Crippen molar-refractivity contribution >= 4 is 5.91 Å². The van der Waals surface area contributed by atoms with E-state index in [1.54, 1.807) is 19.1 Å². The average Bonchev–Trinajstić information content (AvgIpc) is 3.00. The van der Waals surface area contributed by atoms with Gasteiger partial charge in [0.1, 0.15) is 5.82 Å². The lowest BCUT2D eigenvalue weighted by molar-refractivity contribution is -0.133. The zero-order valence-corrected chi connectivity index (χ0v) is 27.3. The van der Waals surface area contributed by atoms with Crippen molar-refractivity contribution < 1.29 is 9.18 Å². The maximum absolute atomic E-state index is 13.0. The lowest BCUT2D eigenvalue weighted by Crippen LogP contribution is -2.46. The van der Waals surface area contributed by atoms with Crippen LogP contribution in [0.5, 0.6) is 0 Å². The van der Waals surface area contributed by atoms with Crippen molar-refractivity contribution in [3.8, 4) is 0 Å². The number of benzene rings is 4. The summed E-state index contributed by atoms with van der Waals surface area (Å²) in [4.78, 5) is 17.2. The molecule has 2 unspecified atom stereocenters. The predicted molar refractivity (Wildman–Crippen MR) is 179 cm³/mol. The first-order chi connectivity index (χ1) is 20.5. The second-order valence-electron chi connectivity index (χ2n) is 12.0. The van der Waals surface area contributed by atoms with Crippen LogP contribution in [0.2, 0.25) is 0 Å². The molecule has 0 bridgehead atoms. The monoisotopic (exact) mass is 580 g/mol. The highest BCUT2D eigenvalue weighted by atomic mass is 19.1. The highest BCUT2D eigenvalue weighted by Gasteiger charge is 2.30. The molecule has 43 heavy (non-hydrogen) atoms. The van der Waals surface area contributed by atoms with E-state index in [-0.39, 0.29) is 23.8 Å². The van der Waals surface area contributed by atoms with Gasteiger partial charge < -0.3 is 4.90 Å². The van der Waals surface area contributed by atoms with Gasteiger partial charge in [0.25, 0.3) is 0 Å². The van der Waals surface area contributed by atoms with Gasteiger partial charge in [0.05, 0.1) is 6.54 Å². The fourth-order valence-electron chi connectivity index (χ4n) is 5.39. The quantitative estimate of drug-likeness (QED) is 0.235. The summed E-state index contributed by atoms with van der Waals surface area (Å²) in [5.74, 6) is 0.530. The number of halogens is 1. The van der Waals surface area contributed by atoms with Gasteiger partial charge in [0.2, 0.25) is 5.91 Å². The van der Waals surface area contributed by atoms with Crippen LogP contribution in [0.25, 0.3) is 0 Å². The third kappa shape index (κ3) is 9.62. The van der Waals surface area contributed by atoms with Crippen LogP contribution in [-0.2, 0) is 11.2 Å². The van der Waals surface area contributed by atoms with Crippen LogP contribution in [0.3, 0.4) is 0 Å². The maximum atomic E-state index is 13.0. The molecule has 4 aromatic rings. The Hall–Kier alpha value is -3.76. The Bertz CT molecular complexity index is 1380. The van der Waals surface area contributed by atoms with Gasteiger partial charge >= 0.3 is 0 Å². The highest BCUT2D eigenvalue weighted by Crippen LogP contribution is 2.35. The third-order valence-electron chi connectivity index (χ3n) is 8.70. The van der Waals surface area contributed by atoms with Gasteiger partial charge in [0, 0.05) is 25.7 Å². The van der Waals surface area contributed by atoms with E-state index in [9.17, 15) is 9.18 Å². The van der Waals surface area contributed by atoms with E-state index in [0.717, 1.165) is 13.0 Å². The fourth-order valence-corrected chi connectivity index (χ4v) is 5.39. The lowest BCUT2D eigenvalue weighted by atomic mass is 9.87. The summed E-state index contributed by atoms with van der Waals surface area (Å²) in [6, 6.07) is 32.6. The van der Waals surface area contributed by atoms with Gasteiger partial charge in [-0.3, -0.25) is 9.69 Å². The largest absolute Gasteiger partial charge is 0.342 e. The first kappa shape index (κ1) is 33.7. The molecule has 5 rings (SSSR count). The van der Waals surface area contributed by atoms with Gasteiger partial charge in [-0.2, -0.15) is 0 Å². The summed E-state index contributed by atoms with van der Waals surface area (Å²) in [5, 5.41) is 0. The Morgan fingerprint density at radius 2 is 1.26 bits per heavy atom. The number of hydrogen-bond donors (Lipinski definition) is 0. The van der Waals surface area contributed by atoms with Crippen LogP contribution < -0.4 is 0 Å². The Morgan fingerprint density at radius 3 is 1.77 bits per heavy atom. The molecule has 0 spiro atoms. The van der Waals surface area contributed by atoms with Crippen LogP contribution in [0.4, 0.5) is 4.39 Å². The molecule has 0 saturated heterocycles. The van der Waals surface area contributed by atoms with E-state index < -0.39 is 0 Å². The summed E-state index contributed by atoms with van der Waals surface area (Å²) in [6.45, 7) is 16.2. The first-order valence-corrected chi connectivity index (χ1v) is 15.4. The number of carbonyl (C=O) groups is 1. The average molecular weight is 581 g/mol. The van der Waals surface area contributed by atoms with Gasteiger partial charge in [0.15, 0.2) is 0 Å². The summed E-state index contributed by atoms with van der Waals surface area (Å²) < 4.78 is 12.3. The van der Waals surface area contributed by atoms with E-state index in [1.807, 2.05) is 18.0 Å². The summed E-state index contributed by atoms with van der Waals surface area (Å²) in [6.07, 6.45) is 0.893. The smallest absolute Gasteiger partial charge is 0.236 e. The van der Waals surface area contributed by atoms with Gasteiger partial charge in [-0.05, 0) is 98.9 Å². The highest BCUT2D eigenvalue weighted by molar-refractivity contribution is 5.78. The van der Waals surface area contributed by atoms with E-state index >= 15 is 0 Å². The maximum Gasteiger partial charge on any atom is 0.236 e. The van der Waals surface area contributed by atoms with Crippen molar-refractivity contribution in [3.05, 3.63) is 142 Å². The van der Waals surface area contributed by atoms with Crippen molar-refractivity contribution in [1.29, 1.82) is 0 Å². The molecule has 0 N–H and O–H groups in total. The van der Waals surface area contributed by atoms with Crippen LogP contribution in [0, 0.1) is 33.5 Å². The minimum atomic E-state index is -0.132. The molecular formula is C39H49FN2O. The molecule has 228 valence electrons. The van der Waals surface area contributed by atoms with Crippen molar-refractivity contribution in [2.45, 2.75) is 72.9 Å². The number of nitrogens with zero attached hydrogens (tertiary/aromatic N) is 2. The molecule has 0 radical (unpaired) electrons. The molecule has 0 aliphatic carbocycles. The van der Waals surface area contributed by atoms with Crippen molar-refractivity contribution in [2.24, 2.45) is 0 Å². The topological polar surface area (TPSA) is 23.6 Å². The minimum absolute atomic E-state index is 0.132. The van der Waals surface area contributed by atoms with Crippen molar-refractivity contribution in [3.63, 3.8) is 0 Å². The van der Waals surface area contributed by atoms with E-state index in [4.69, 9.17) is 0 Å². The van der Waals surface area contributed by atoms with Crippen molar-refractivity contribution in [1.82, 2.24) is 9.80 Å². The number of carbonyl (C=O) groups excluding carboxylic acids is 1. The minimum Gasteiger partial charge on any atom is -0.342 e. The van der Waals surface area contributed by atoms with Gasteiger partial charge in [-0.15, -0.1) is 0 Å². The molecule has 1 aliphatic heterocycles. The molecule has 1 amide bonds. The SMILES string of the molecule is Cc1ccccc1C.Cc1ccccc1CC(C)N(C)C(=O)CN1C[C@H](C)c2ccccc2C1C.Cc1ccccc1F. The predicted octanol–water partition coefficient (Wildman–Crippen LogP) is 9.00. The van der Waals surface area contributed by atoms with Gasteiger partial charge in [-0.1, -0.05) is 97.9 Å². The summed E-state index contributed by atoms with van der Waals surface area (Å²) >= 11 is 0.